The van der Waals surface area contributed by atoms with Crippen molar-refractivity contribution in [3.8, 4) is 0 Å². The first-order valence-corrected chi connectivity index (χ1v) is 8.24. The molecule has 2 aromatic carbocycles. The molecule has 0 saturated carbocycles. The highest BCUT2D eigenvalue weighted by Crippen LogP contribution is 2.22. The fourth-order valence-corrected chi connectivity index (χ4v) is 2.71. The lowest BCUT2D eigenvalue weighted by atomic mass is 10.1. The van der Waals surface area contributed by atoms with Gasteiger partial charge in [-0.3, -0.25) is 9.48 Å². The molecule has 0 bridgehead atoms. The van der Waals surface area contributed by atoms with E-state index in [0.717, 1.165) is 17.7 Å². The first-order valence-electron chi connectivity index (χ1n) is 8.24. The summed E-state index contributed by atoms with van der Waals surface area (Å²) in [7, 11) is 1.63. The molecular weight excluding hydrogens is 336 g/mol. The van der Waals surface area contributed by atoms with Gasteiger partial charge in [-0.1, -0.05) is 36.4 Å². The van der Waals surface area contributed by atoms with Crippen molar-refractivity contribution in [1.29, 1.82) is 0 Å². The van der Waals surface area contributed by atoms with Crippen LogP contribution in [-0.4, -0.2) is 27.6 Å². The molecule has 1 heterocycles. The predicted octanol–water partition coefficient (Wildman–Crippen LogP) is 4.04. The van der Waals surface area contributed by atoms with Crippen molar-refractivity contribution in [3.63, 3.8) is 0 Å². The Morgan fingerprint density at radius 1 is 1.15 bits per heavy atom. The topological polar surface area (TPSA) is 38.1 Å². The Morgan fingerprint density at radius 3 is 2.58 bits per heavy atom. The molecule has 3 rings (SSSR count). The molecule has 0 aliphatic heterocycles. The zero-order valence-electron chi connectivity index (χ0n) is 14.6. The molecule has 0 aliphatic carbocycles. The number of carbonyl (C=O) groups excluding carboxylic acids is 1. The molecule has 1 amide bonds. The molecule has 0 N–H and O–H groups in total. The number of aromatic nitrogens is 2. The average Bonchev–Trinajstić information content (AvgIpc) is 3.11. The molecule has 3 aromatic rings. The fourth-order valence-electron chi connectivity index (χ4n) is 2.71. The van der Waals surface area contributed by atoms with E-state index in [1.807, 2.05) is 30.3 Å². The van der Waals surface area contributed by atoms with Gasteiger partial charge in [0.25, 0.3) is 5.91 Å². The van der Waals surface area contributed by atoms with E-state index in [1.165, 1.54) is 17.2 Å². The maximum Gasteiger partial charge on any atom is 0.257 e. The van der Waals surface area contributed by atoms with Crippen molar-refractivity contribution in [2.75, 3.05) is 7.05 Å². The Morgan fingerprint density at radius 2 is 1.88 bits per heavy atom. The number of amides is 1. The second-order valence-corrected chi connectivity index (χ2v) is 6.18. The number of hydrogen-bond acceptors (Lipinski definition) is 2. The lowest BCUT2D eigenvalue weighted by Crippen LogP contribution is -2.29. The minimum Gasteiger partial charge on any atom is -0.335 e. The first-order chi connectivity index (χ1) is 12.5. The smallest absolute Gasteiger partial charge is 0.257 e. The third-order valence-corrected chi connectivity index (χ3v) is 4.39. The van der Waals surface area contributed by atoms with E-state index in [2.05, 4.69) is 5.10 Å². The molecule has 0 unspecified atom stereocenters. The lowest BCUT2D eigenvalue weighted by Gasteiger charge is -2.25. The first kappa shape index (κ1) is 17.8. The molecule has 26 heavy (non-hydrogen) atoms. The van der Waals surface area contributed by atoms with Crippen molar-refractivity contribution in [2.45, 2.75) is 19.5 Å². The van der Waals surface area contributed by atoms with Crippen LogP contribution in [0.15, 0.2) is 60.9 Å². The summed E-state index contributed by atoms with van der Waals surface area (Å²) < 4.78 is 28.2. The van der Waals surface area contributed by atoms with Crippen molar-refractivity contribution >= 4 is 5.91 Å². The average molecular weight is 355 g/mol. The summed E-state index contributed by atoms with van der Waals surface area (Å²) in [5.41, 5.74) is 2.05. The number of carbonyl (C=O) groups is 1. The standard InChI is InChI=1S/C20H19F2N3O/c1-14(16-8-9-18(21)19(22)10-16)24(2)20(26)17-11-23-25(13-17)12-15-6-4-3-5-7-15/h3-11,13-14H,12H2,1-2H3/t14-/m0/s1. The second-order valence-electron chi connectivity index (χ2n) is 6.18. The molecule has 0 radical (unpaired) electrons. The van der Waals surface area contributed by atoms with E-state index in [4.69, 9.17) is 0 Å². The van der Waals surface area contributed by atoms with Gasteiger partial charge >= 0.3 is 0 Å². The van der Waals surface area contributed by atoms with Crippen LogP contribution in [0.2, 0.25) is 0 Å². The molecule has 134 valence electrons. The Kier molecular flexibility index (Phi) is 5.11. The number of hydrogen-bond donors (Lipinski definition) is 0. The summed E-state index contributed by atoms with van der Waals surface area (Å²) in [6.07, 6.45) is 3.20. The van der Waals surface area contributed by atoms with Gasteiger partial charge < -0.3 is 4.90 Å². The maximum absolute atomic E-state index is 13.4. The zero-order chi connectivity index (χ0) is 18.7. The van der Waals surface area contributed by atoms with E-state index in [0.29, 0.717) is 17.7 Å². The van der Waals surface area contributed by atoms with Gasteiger partial charge in [0.1, 0.15) is 0 Å². The van der Waals surface area contributed by atoms with Gasteiger partial charge in [-0.25, -0.2) is 8.78 Å². The number of benzene rings is 2. The van der Waals surface area contributed by atoms with E-state index in [-0.39, 0.29) is 5.91 Å². The maximum atomic E-state index is 13.4. The Labute approximate surface area is 150 Å². The Balaban J connectivity index is 1.73. The lowest BCUT2D eigenvalue weighted by molar-refractivity contribution is 0.0742. The van der Waals surface area contributed by atoms with Gasteiger partial charge in [-0.05, 0) is 30.2 Å². The molecule has 0 aliphatic rings. The predicted molar refractivity (Wildman–Crippen MR) is 94.6 cm³/mol. The van der Waals surface area contributed by atoms with Crippen molar-refractivity contribution in [3.05, 3.63) is 89.2 Å². The SMILES string of the molecule is C[C@@H](c1ccc(F)c(F)c1)N(C)C(=O)c1cnn(Cc2ccccc2)c1. The van der Waals surface area contributed by atoms with Crippen LogP contribution in [0.3, 0.4) is 0 Å². The molecule has 0 fully saturated rings. The molecule has 0 saturated heterocycles. The summed E-state index contributed by atoms with van der Waals surface area (Å²) in [6, 6.07) is 13.1. The molecule has 0 spiro atoms. The van der Waals surface area contributed by atoms with Gasteiger partial charge in [0.05, 0.1) is 24.3 Å². The van der Waals surface area contributed by atoms with Crippen molar-refractivity contribution in [1.82, 2.24) is 14.7 Å². The van der Waals surface area contributed by atoms with E-state index in [1.54, 1.807) is 24.9 Å². The summed E-state index contributed by atoms with van der Waals surface area (Å²) >= 11 is 0. The third-order valence-electron chi connectivity index (χ3n) is 4.39. The van der Waals surface area contributed by atoms with Crippen LogP contribution in [0.4, 0.5) is 8.78 Å². The number of nitrogens with zero attached hydrogens (tertiary/aromatic N) is 3. The van der Waals surface area contributed by atoms with Gasteiger partial charge in [0, 0.05) is 13.2 Å². The van der Waals surface area contributed by atoms with Gasteiger partial charge in [0.15, 0.2) is 11.6 Å². The summed E-state index contributed by atoms with van der Waals surface area (Å²) in [5, 5.41) is 4.23. The highest BCUT2D eigenvalue weighted by Gasteiger charge is 2.21. The highest BCUT2D eigenvalue weighted by atomic mass is 19.2. The summed E-state index contributed by atoms with van der Waals surface area (Å²) in [5.74, 6) is -2.07. The minimum absolute atomic E-state index is 0.235. The monoisotopic (exact) mass is 355 g/mol. The normalized spacial score (nSPS) is 12.0. The zero-order valence-corrected chi connectivity index (χ0v) is 14.6. The van der Waals surface area contributed by atoms with Crippen LogP contribution >= 0.6 is 0 Å². The summed E-state index contributed by atoms with van der Waals surface area (Å²) in [4.78, 5) is 14.2. The largest absolute Gasteiger partial charge is 0.335 e. The van der Waals surface area contributed by atoms with Gasteiger partial charge in [0.2, 0.25) is 0 Å². The summed E-state index contributed by atoms with van der Waals surface area (Å²) in [6.45, 7) is 2.33. The molecule has 6 heteroatoms. The molecule has 4 nitrogen and oxygen atoms in total. The second kappa shape index (κ2) is 7.47. The van der Waals surface area contributed by atoms with Gasteiger partial charge in [-0.2, -0.15) is 5.10 Å². The quantitative estimate of drug-likeness (QED) is 0.693. The third kappa shape index (κ3) is 3.79. The Bertz CT molecular complexity index is 908. The van der Waals surface area contributed by atoms with Gasteiger partial charge in [-0.15, -0.1) is 0 Å². The van der Waals surface area contributed by atoms with Crippen LogP contribution in [0.5, 0.6) is 0 Å². The number of halogens is 2. The van der Waals surface area contributed by atoms with Crippen LogP contribution in [0, 0.1) is 11.6 Å². The van der Waals surface area contributed by atoms with Crippen LogP contribution < -0.4 is 0 Å². The van der Waals surface area contributed by atoms with E-state index >= 15 is 0 Å². The van der Waals surface area contributed by atoms with Crippen LogP contribution in [-0.2, 0) is 6.54 Å². The molecule has 1 atom stereocenters. The molecular formula is C20H19F2N3O. The number of rotatable bonds is 5. The van der Waals surface area contributed by atoms with E-state index < -0.39 is 17.7 Å². The molecule has 1 aromatic heterocycles. The van der Waals surface area contributed by atoms with Crippen LogP contribution in [0.25, 0.3) is 0 Å². The Hall–Kier alpha value is -3.02. The fraction of sp³-hybridized carbons (Fsp3) is 0.200. The van der Waals surface area contributed by atoms with E-state index in [9.17, 15) is 13.6 Å². The van der Waals surface area contributed by atoms with Crippen molar-refractivity contribution in [2.24, 2.45) is 0 Å². The highest BCUT2D eigenvalue weighted by molar-refractivity contribution is 5.93. The minimum atomic E-state index is -0.925. The van der Waals surface area contributed by atoms with Crippen LogP contribution in [0.1, 0.15) is 34.5 Å². The van der Waals surface area contributed by atoms with Crippen molar-refractivity contribution < 1.29 is 13.6 Å².